The Kier molecular flexibility index (Phi) is 5.43. The van der Waals surface area contributed by atoms with Crippen LogP contribution in [0.5, 0.6) is 0 Å². The lowest BCUT2D eigenvalue weighted by atomic mass is 9.98. The van der Waals surface area contributed by atoms with Crippen LogP contribution in [0.2, 0.25) is 0 Å². The molecule has 0 radical (unpaired) electrons. The van der Waals surface area contributed by atoms with E-state index in [4.69, 9.17) is 4.74 Å². The molecule has 1 aromatic heterocycles. The molecule has 2 heterocycles. The minimum atomic E-state index is -0.0587. The van der Waals surface area contributed by atoms with Crippen molar-refractivity contribution in [1.29, 1.82) is 0 Å². The first-order valence-electron chi connectivity index (χ1n) is 8.77. The van der Waals surface area contributed by atoms with E-state index in [1.54, 1.807) is 18.6 Å². The number of nitrogens with zero attached hydrogens (tertiary/aromatic N) is 3. The van der Waals surface area contributed by atoms with Crippen molar-refractivity contribution in [3.63, 3.8) is 0 Å². The Morgan fingerprint density at radius 1 is 1.32 bits per heavy atom. The van der Waals surface area contributed by atoms with Gasteiger partial charge in [0.05, 0.1) is 24.9 Å². The standard InChI is InChI=1S/C20H25N3O2/c1-14-4-5-15(2)18(10-14)19-12-23(16(3)13-25-19)20(24)7-6-17-11-21-8-9-22-17/h4-5,8-11,16,19H,6-7,12-13H2,1-3H3/t16-,19+/m1/s1. The molecule has 1 saturated heterocycles. The SMILES string of the molecule is Cc1ccc(C)c([C@@H]2CN(C(=O)CCc3cnccn3)[C@H](C)CO2)c1. The summed E-state index contributed by atoms with van der Waals surface area (Å²) in [7, 11) is 0. The fourth-order valence-electron chi connectivity index (χ4n) is 3.24. The van der Waals surface area contributed by atoms with Gasteiger partial charge in [-0.1, -0.05) is 23.8 Å². The van der Waals surface area contributed by atoms with Crippen molar-refractivity contribution < 1.29 is 9.53 Å². The fraction of sp³-hybridized carbons (Fsp3) is 0.450. The number of hydrogen-bond donors (Lipinski definition) is 0. The molecule has 0 spiro atoms. The molecule has 1 aliphatic rings. The van der Waals surface area contributed by atoms with Crippen LogP contribution in [0.4, 0.5) is 0 Å². The van der Waals surface area contributed by atoms with Gasteiger partial charge in [-0.05, 0) is 38.3 Å². The first-order chi connectivity index (χ1) is 12.0. The Bertz CT molecular complexity index is 733. The van der Waals surface area contributed by atoms with Gasteiger partial charge >= 0.3 is 0 Å². The molecule has 0 N–H and O–H groups in total. The van der Waals surface area contributed by atoms with Crippen LogP contribution in [0.25, 0.3) is 0 Å². The molecule has 5 nitrogen and oxygen atoms in total. The number of aryl methyl sites for hydroxylation is 3. The number of rotatable bonds is 4. The van der Waals surface area contributed by atoms with Crippen molar-refractivity contribution in [1.82, 2.24) is 14.9 Å². The average molecular weight is 339 g/mol. The maximum atomic E-state index is 12.7. The van der Waals surface area contributed by atoms with E-state index in [1.165, 1.54) is 16.7 Å². The van der Waals surface area contributed by atoms with Crippen molar-refractivity contribution in [2.45, 2.75) is 45.8 Å². The zero-order chi connectivity index (χ0) is 17.8. The zero-order valence-corrected chi connectivity index (χ0v) is 15.1. The normalized spacial score (nSPS) is 20.5. The first kappa shape index (κ1) is 17.5. The summed E-state index contributed by atoms with van der Waals surface area (Å²) in [5.41, 5.74) is 4.45. The number of carbonyl (C=O) groups is 1. The van der Waals surface area contributed by atoms with Crippen molar-refractivity contribution in [2.24, 2.45) is 0 Å². The molecule has 0 unspecified atom stereocenters. The lowest BCUT2D eigenvalue weighted by Crippen LogP contribution is -2.48. The minimum absolute atomic E-state index is 0.0587. The lowest BCUT2D eigenvalue weighted by Gasteiger charge is -2.39. The van der Waals surface area contributed by atoms with E-state index >= 15 is 0 Å². The zero-order valence-electron chi connectivity index (χ0n) is 15.1. The third-order valence-corrected chi connectivity index (χ3v) is 4.75. The van der Waals surface area contributed by atoms with Gasteiger partial charge in [0.2, 0.25) is 5.91 Å². The summed E-state index contributed by atoms with van der Waals surface area (Å²) in [6.45, 7) is 7.38. The molecule has 2 atom stereocenters. The minimum Gasteiger partial charge on any atom is -0.370 e. The summed E-state index contributed by atoms with van der Waals surface area (Å²) >= 11 is 0. The molecular formula is C20H25N3O2. The van der Waals surface area contributed by atoms with Gasteiger partial charge in [0.15, 0.2) is 0 Å². The second-order valence-corrected chi connectivity index (χ2v) is 6.77. The Hall–Kier alpha value is -2.27. The van der Waals surface area contributed by atoms with E-state index in [1.807, 2.05) is 11.8 Å². The van der Waals surface area contributed by atoms with Crippen molar-refractivity contribution in [3.8, 4) is 0 Å². The van der Waals surface area contributed by atoms with Crippen LogP contribution in [0, 0.1) is 13.8 Å². The highest BCUT2D eigenvalue weighted by molar-refractivity contribution is 5.77. The summed E-state index contributed by atoms with van der Waals surface area (Å²) in [6, 6.07) is 6.48. The quantitative estimate of drug-likeness (QED) is 0.859. The van der Waals surface area contributed by atoms with Gasteiger partial charge in [-0.2, -0.15) is 0 Å². The Morgan fingerprint density at radius 2 is 2.16 bits per heavy atom. The van der Waals surface area contributed by atoms with Gasteiger partial charge in [-0.25, -0.2) is 0 Å². The number of morpholine rings is 1. The van der Waals surface area contributed by atoms with Crippen molar-refractivity contribution in [2.75, 3.05) is 13.2 Å². The van der Waals surface area contributed by atoms with Crippen molar-refractivity contribution >= 4 is 5.91 Å². The second kappa shape index (κ2) is 7.74. The third kappa shape index (κ3) is 4.23. The summed E-state index contributed by atoms with van der Waals surface area (Å²) in [6.07, 6.45) is 6.02. The second-order valence-electron chi connectivity index (χ2n) is 6.77. The number of carbonyl (C=O) groups excluding carboxylic acids is 1. The summed E-state index contributed by atoms with van der Waals surface area (Å²) < 4.78 is 6.04. The molecule has 3 rings (SSSR count). The molecule has 5 heteroatoms. The lowest BCUT2D eigenvalue weighted by molar-refractivity contribution is -0.144. The van der Waals surface area contributed by atoms with Gasteiger partial charge in [0.1, 0.15) is 6.10 Å². The molecule has 1 aromatic carbocycles. The number of aromatic nitrogens is 2. The number of ether oxygens (including phenoxy) is 1. The molecule has 1 amide bonds. The smallest absolute Gasteiger partial charge is 0.223 e. The summed E-state index contributed by atoms with van der Waals surface area (Å²) in [5.74, 6) is 0.150. The summed E-state index contributed by atoms with van der Waals surface area (Å²) in [5, 5.41) is 0. The van der Waals surface area contributed by atoms with Gasteiger partial charge in [-0.3, -0.25) is 14.8 Å². The van der Waals surface area contributed by atoms with Crippen LogP contribution in [-0.4, -0.2) is 40.0 Å². The molecule has 25 heavy (non-hydrogen) atoms. The van der Waals surface area contributed by atoms with Crippen molar-refractivity contribution in [3.05, 3.63) is 59.2 Å². The predicted octanol–water partition coefficient (Wildman–Crippen LogP) is 3.01. The first-order valence-corrected chi connectivity index (χ1v) is 8.77. The van der Waals surface area contributed by atoms with Crippen LogP contribution in [0.15, 0.2) is 36.8 Å². The van der Waals surface area contributed by atoms with E-state index in [2.05, 4.69) is 42.0 Å². The number of benzene rings is 1. The third-order valence-electron chi connectivity index (χ3n) is 4.75. The van der Waals surface area contributed by atoms with Crippen LogP contribution in [0.3, 0.4) is 0 Å². The number of hydrogen-bond acceptors (Lipinski definition) is 4. The van der Waals surface area contributed by atoms with Gasteiger partial charge in [0, 0.05) is 25.0 Å². The Labute approximate surface area is 149 Å². The Morgan fingerprint density at radius 3 is 2.92 bits per heavy atom. The van der Waals surface area contributed by atoms with Crippen LogP contribution < -0.4 is 0 Å². The van der Waals surface area contributed by atoms with Crippen LogP contribution in [-0.2, 0) is 16.0 Å². The maximum Gasteiger partial charge on any atom is 0.223 e. The van der Waals surface area contributed by atoms with Gasteiger partial charge in [-0.15, -0.1) is 0 Å². The molecule has 2 aromatic rings. The van der Waals surface area contributed by atoms with E-state index in [0.29, 0.717) is 26.0 Å². The van der Waals surface area contributed by atoms with E-state index < -0.39 is 0 Å². The molecular weight excluding hydrogens is 314 g/mol. The maximum absolute atomic E-state index is 12.7. The highest BCUT2D eigenvalue weighted by Gasteiger charge is 2.30. The highest BCUT2D eigenvalue weighted by Crippen LogP contribution is 2.28. The van der Waals surface area contributed by atoms with E-state index in [-0.39, 0.29) is 18.1 Å². The van der Waals surface area contributed by atoms with Crippen LogP contribution >= 0.6 is 0 Å². The number of amides is 1. The van der Waals surface area contributed by atoms with Crippen LogP contribution in [0.1, 0.15) is 41.8 Å². The predicted molar refractivity (Wildman–Crippen MR) is 96.1 cm³/mol. The topological polar surface area (TPSA) is 55.3 Å². The largest absolute Gasteiger partial charge is 0.370 e. The molecule has 0 aliphatic carbocycles. The van der Waals surface area contributed by atoms with E-state index in [0.717, 1.165) is 5.69 Å². The average Bonchev–Trinajstić information content (AvgIpc) is 2.63. The van der Waals surface area contributed by atoms with E-state index in [9.17, 15) is 4.79 Å². The molecule has 1 aliphatic heterocycles. The monoisotopic (exact) mass is 339 g/mol. The molecule has 132 valence electrons. The molecule has 0 saturated carbocycles. The summed E-state index contributed by atoms with van der Waals surface area (Å²) in [4.78, 5) is 23.0. The molecule has 1 fully saturated rings. The molecule has 0 bridgehead atoms. The fourth-order valence-corrected chi connectivity index (χ4v) is 3.24. The highest BCUT2D eigenvalue weighted by atomic mass is 16.5. The van der Waals surface area contributed by atoms with Gasteiger partial charge < -0.3 is 9.64 Å². The Balaban J connectivity index is 1.68. The van der Waals surface area contributed by atoms with Gasteiger partial charge in [0.25, 0.3) is 0 Å².